The Morgan fingerprint density at radius 2 is 1.81 bits per heavy atom. The van der Waals surface area contributed by atoms with Crippen molar-refractivity contribution in [1.82, 2.24) is 5.32 Å². The average molecular weight is 569 g/mol. The number of rotatable bonds is 5. The maximum absolute atomic E-state index is 12.9. The van der Waals surface area contributed by atoms with Crippen molar-refractivity contribution >= 4 is 46.9 Å². The molecule has 7 nitrogen and oxygen atoms in total. The molecule has 2 N–H and O–H groups in total. The average Bonchev–Trinajstić information content (AvgIpc) is 3.14. The largest absolute Gasteiger partial charge is 0.469 e. The summed E-state index contributed by atoms with van der Waals surface area (Å²) in [5.74, 6) is 0.793. The number of carbonyl (C=O) groups excluding carboxylic acids is 2. The zero-order chi connectivity index (χ0) is 26.5. The van der Waals surface area contributed by atoms with Gasteiger partial charge in [-0.05, 0) is 86.4 Å². The smallest absolute Gasteiger partial charge is 0.407 e. The van der Waals surface area contributed by atoms with E-state index < -0.39 is 16.0 Å². The molecule has 0 bridgehead atoms. The lowest BCUT2D eigenvalue weighted by Gasteiger charge is -2.63. The first-order chi connectivity index (χ1) is 16.8. The van der Waals surface area contributed by atoms with E-state index >= 15 is 0 Å². The number of fused-ring (bicyclic) bond motifs is 5. The fourth-order valence-corrected chi connectivity index (χ4v) is 9.00. The molecule has 4 aliphatic rings. The zero-order valence-electron chi connectivity index (χ0n) is 21.6. The van der Waals surface area contributed by atoms with Gasteiger partial charge in [0.1, 0.15) is 6.61 Å². The Hall–Kier alpha value is -0.470. The number of hydrogen-bond acceptors (Lipinski definition) is 6. The van der Waals surface area contributed by atoms with Crippen molar-refractivity contribution in [2.45, 2.75) is 87.8 Å². The molecule has 5 unspecified atom stereocenters. The Morgan fingerprint density at radius 1 is 1.08 bits per heavy atom. The van der Waals surface area contributed by atoms with Gasteiger partial charge in [-0.3, -0.25) is 4.79 Å². The van der Waals surface area contributed by atoms with Crippen LogP contribution >= 0.6 is 34.8 Å². The van der Waals surface area contributed by atoms with Gasteiger partial charge in [-0.2, -0.15) is 0 Å². The van der Waals surface area contributed by atoms with Crippen molar-refractivity contribution in [3.8, 4) is 0 Å². The van der Waals surface area contributed by atoms with E-state index in [4.69, 9.17) is 49.0 Å². The highest BCUT2D eigenvalue weighted by molar-refractivity contribution is 6.67. The fourth-order valence-electron chi connectivity index (χ4n) is 8.83. The van der Waals surface area contributed by atoms with Crippen LogP contribution in [0.25, 0.3) is 0 Å². The number of alkyl carbamates (subject to hydrolysis) is 1. The summed E-state index contributed by atoms with van der Waals surface area (Å²) in [7, 11) is 1.45. The number of aliphatic hydroxyl groups is 1. The van der Waals surface area contributed by atoms with Gasteiger partial charge < -0.3 is 24.6 Å². The first-order valence-electron chi connectivity index (χ1n) is 13.2. The van der Waals surface area contributed by atoms with Gasteiger partial charge in [-0.15, -0.1) is 0 Å². The third-order valence-corrected chi connectivity index (χ3v) is 10.5. The molecule has 4 saturated carbocycles. The zero-order valence-corrected chi connectivity index (χ0v) is 23.9. The lowest BCUT2D eigenvalue weighted by Crippen LogP contribution is -2.64. The molecule has 0 aromatic carbocycles. The highest BCUT2D eigenvalue weighted by Gasteiger charge is 2.65. The number of halogens is 3. The van der Waals surface area contributed by atoms with Crippen LogP contribution in [0.2, 0.25) is 0 Å². The topological polar surface area (TPSA) is 94.1 Å². The summed E-state index contributed by atoms with van der Waals surface area (Å²) in [5, 5.41) is 13.9. The van der Waals surface area contributed by atoms with Crippen molar-refractivity contribution in [2.75, 3.05) is 20.3 Å². The molecule has 0 spiro atoms. The van der Waals surface area contributed by atoms with E-state index in [-0.39, 0.29) is 47.4 Å². The molecule has 36 heavy (non-hydrogen) atoms. The Labute approximate surface area is 229 Å². The molecule has 206 valence electrons. The summed E-state index contributed by atoms with van der Waals surface area (Å²) >= 11 is 17.4. The number of esters is 1. The van der Waals surface area contributed by atoms with Crippen LogP contribution in [-0.4, -0.2) is 59.5 Å². The van der Waals surface area contributed by atoms with Crippen molar-refractivity contribution in [3.63, 3.8) is 0 Å². The van der Waals surface area contributed by atoms with Crippen molar-refractivity contribution in [2.24, 2.45) is 40.4 Å². The van der Waals surface area contributed by atoms with Gasteiger partial charge in [0.2, 0.25) is 3.79 Å². The number of amides is 1. The molecule has 0 aliphatic heterocycles. The second-order valence-electron chi connectivity index (χ2n) is 11.9. The van der Waals surface area contributed by atoms with E-state index in [9.17, 15) is 14.7 Å². The molecule has 0 aromatic rings. The highest BCUT2D eigenvalue weighted by atomic mass is 35.6. The van der Waals surface area contributed by atoms with E-state index in [0.29, 0.717) is 37.2 Å². The summed E-state index contributed by atoms with van der Waals surface area (Å²) in [6.45, 7) is 6.64. The molecule has 4 rings (SSSR count). The minimum atomic E-state index is -1.70. The highest BCUT2D eigenvalue weighted by Crippen LogP contribution is 2.67. The van der Waals surface area contributed by atoms with Crippen LogP contribution in [0.5, 0.6) is 0 Å². The number of hydrogen-bond donors (Lipinski definition) is 2. The molecule has 0 radical (unpaired) electrons. The predicted molar refractivity (Wildman–Crippen MR) is 138 cm³/mol. The maximum Gasteiger partial charge on any atom is 0.407 e. The number of nitrogens with one attached hydrogen (secondary N) is 1. The predicted octanol–water partition coefficient (Wildman–Crippen LogP) is 5.27. The van der Waals surface area contributed by atoms with Gasteiger partial charge in [0.05, 0.1) is 25.2 Å². The maximum atomic E-state index is 12.9. The summed E-state index contributed by atoms with van der Waals surface area (Å²) in [5.41, 5.74) is -0.433. The summed E-state index contributed by atoms with van der Waals surface area (Å²) < 4.78 is 14.8. The molecule has 4 aliphatic carbocycles. The molecule has 0 saturated heterocycles. The van der Waals surface area contributed by atoms with Gasteiger partial charge in [-0.1, -0.05) is 48.7 Å². The summed E-state index contributed by atoms with van der Waals surface area (Å²) in [4.78, 5) is 25.7. The Bertz CT molecular complexity index is 839. The van der Waals surface area contributed by atoms with Crippen LogP contribution in [-0.2, 0) is 19.0 Å². The van der Waals surface area contributed by atoms with Crippen LogP contribution in [0, 0.1) is 40.4 Å². The molecule has 4 fully saturated rings. The summed E-state index contributed by atoms with van der Waals surface area (Å²) in [6, 6.07) is -0.227. The fraction of sp³-hybridized carbons (Fsp3) is 0.923. The van der Waals surface area contributed by atoms with E-state index in [1.165, 1.54) is 7.11 Å². The number of alkyl halides is 3. The number of methoxy groups -OCH3 is 1. The van der Waals surface area contributed by atoms with E-state index in [1.807, 2.05) is 6.92 Å². The lowest BCUT2D eigenvalue weighted by molar-refractivity contribution is -0.181. The molecule has 0 aromatic heterocycles. The van der Waals surface area contributed by atoms with Crippen molar-refractivity contribution in [3.05, 3.63) is 0 Å². The number of ether oxygens (including phenoxy) is 3. The van der Waals surface area contributed by atoms with Gasteiger partial charge in [0.25, 0.3) is 0 Å². The van der Waals surface area contributed by atoms with Gasteiger partial charge in [-0.25, -0.2) is 4.79 Å². The third-order valence-electron chi connectivity index (χ3n) is 10.2. The Kier molecular flexibility index (Phi) is 8.40. The minimum Gasteiger partial charge on any atom is -0.469 e. The molecule has 10 atom stereocenters. The van der Waals surface area contributed by atoms with E-state index in [0.717, 1.165) is 32.1 Å². The Balaban J connectivity index is 1.67. The van der Waals surface area contributed by atoms with Crippen LogP contribution in [0.3, 0.4) is 0 Å². The first-order valence-corrected chi connectivity index (χ1v) is 14.3. The quantitative estimate of drug-likeness (QED) is 0.347. The normalized spacial score (nSPS) is 44.1. The second-order valence-corrected chi connectivity index (χ2v) is 14.4. The standard InChI is InChI=1S/C26H40Cl3NO6/c1-5-35-20-12-24(2)14(10-19(20)31)6-7-15-16-8-9-17(22(32)34-4)25(16,3)11-18(21(15)24)30-23(33)36-13-26(27,28)29/h14-21,31H,5-13H2,1-4H3,(H,30,33)/t14?,15-,16-,17?,18?,19?,20?,21-,24-,25-/m0/s1. The SMILES string of the molecule is CCOC1C[C@@]2(C)C(CC[C@@H]3[C@H]2C(NC(=O)OCC(Cl)(Cl)Cl)C[C@]2(C)C(C(=O)OC)CC[C@@H]32)CC1O. The van der Waals surface area contributed by atoms with Crippen LogP contribution in [0.4, 0.5) is 4.79 Å². The first kappa shape index (κ1) is 28.5. The van der Waals surface area contributed by atoms with E-state index in [2.05, 4.69) is 19.2 Å². The molecular weight excluding hydrogens is 529 g/mol. The number of aliphatic hydroxyl groups excluding tert-OH is 1. The van der Waals surface area contributed by atoms with Crippen molar-refractivity contribution in [1.29, 1.82) is 0 Å². The molecular formula is C26H40Cl3NO6. The third kappa shape index (κ3) is 5.21. The molecule has 1 amide bonds. The second kappa shape index (κ2) is 10.6. The van der Waals surface area contributed by atoms with Crippen LogP contribution < -0.4 is 5.32 Å². The van der Waals surface area contributed by atoms with E-state index in [1.54, 1.807) is 0 Å². The molecule has 0 heterocycles. The lowest BCUT2D eigenvalue weighted by atomic mass is 9.43. The number of carbonyl (C=O) groups is 2. The minimum absolute atomic E-state index is 0.139. The van der Waals surface area contributed by atoms with Crippen LogP contribution in [0.1, 0.15) is 65.7 Å². The monoisotopic (exact) mass is 567 g/mol. The van der Waals surface area contributed by atoms with Crippen molar-refractivity contribution < 1.29 is 28.9 Å². The Morgan fingerprint density at radius 3 is 2.44 bits per heavy atom. The van der Waals surface area contributed by atoms with Gasteiger partial charge >= 0.3 is 12.1 Å². The van der Waals surface area contributed by atoms with Gasteiger partial charge in [0.15, 0.2) is 0 Å². The van der Waals surface area contributed by atoms with Crippen LogP contribution in [0.15, 0.2) is 0 Å². The molecule has 10 heteroatoms. The van der Waals surface area contributed by atoms with Gasteiger partial charge in [0, 0.05) is 12.6 Å². The summed E-state index contributed by atoms with van der Waals surface area (Å²) in [6.07, 6.45) is 4.53.